The Kier molecular flexibility index (Phi) is 8.09. The molecule has 0 amide bonds. The van der Waals surface area contributed by atoms with Gasteiger partial charge in [-0.25, -0.2) is 11.2 Å². The molecule has 124 valence electrons. The number of aliphatic hydroxyl groups excluding tert-OH is 1. The van der Waals surface area contributed by atoms with Gasteiger partial charge in [0.1, 0.15) is 20.6 Å². The molecule has 0 aliphatic carbocycles. The molecule has 1 aliphatic rings. The Bertz CT molecular complexity index is 378. The van der Waals surface area contributed by atoms with Crippen LogP contribution in [0.3, 0.4) is 0 Å². The zero-order valence-corrected chi connectivity index (χ0v) is 14.7. The Morgan fingerprint density at radius 3 is 2.73 bits per heavy atom. The van der Waals surface area contributed by atoms with Gasteiger partial charge in [0.05, 0.1) is 12.7 Å². The van der Waals surface area contributed by atoms with Crippen molar-refractivity contribution in [1.82, 2.24) is 4.67 Å². The van der Waals surface area contributed by atoms with Crippen LogP contribution in [0.2, 0.25) is 0 Å². The molecule has 1 fully saturated rings. The molecule has 0 aromatic heterocycles. The number of rotatable bonds is 10. The molecule has 1 aliphatic heterocycles. The third kappa shape index (κ3) is 5.77. The van der Waals surface area contributed by atoms with E-state index in [2.05, 4.69) is 42.3 Å². The fourth-order valence-electron chi connectivity index (χ4n) is 2.41. The molecule has 1 heterocycles. The monoisotopic (exact) mass is 329 g/mol. The van der Waals surface area contributed by atoms with Gasteiger partial charge in [-0.15, -0.1) is 0 Å². The van der Waals surface area contributed by atoms with Crippen molar-refractivity contribution >= 4 is 16.4 Å². The second kappa shape index (κ2) is 9.82. The minimum atomic E-state index is -1.34. The molecule has 4 atom stereocenters. The van der Waals surface area contributed by atoms with Crippen molar-refractivity contribution in [1.29, 1.82) is 1.43 Å². The summed E-state index contributed by atoms with van der Waals surface area (Å²) in [6, 6.07) is 0.0404. The number of hydrogen-bond donors (Lipinski definition) is 1. The number of aliphatic hydroxyl groups is 1. The van der Waals surface area contributed by atoms with Crippen molar-refractivity contribution in [2.45, 2.75) is 64.4 Å². The molecule has 0 aromatic rings. The normalized spacial score (nSPS) is 27.4. The fraction of sp³-hybridized carbons (Fsp3) is 0.929. The van der Waals surface area contributed by atoms with Gasteiger partial charge in [0.15, 0.2) is 0 Å². The van der Waals surface area contributed by atoms with Crippen molar-refractivity contribution in [2.24, 2.45) is 0 Å². The fourth-order valence-corrected chi connectivity index (χ4v) is 4.16. The zero-order valence-electron chi connectivity index (χ0n) is 14.8. The maximum absolute atomic E-state index is 6.92. The Balaban J connectivity index is 2.80. The molecule has 6 nitrogen and oxygen atoms in total. The zero-order chi connectivity index (χ0) is 17.4. The first-order valence-electron chi connectivity index (χ1n) is 8.01. The Labute approximate surface area is 137 Å². The SMILES string of the molecule is [2H]OC[C@H]1O[C@@H]([B])CC1OP(OCC[N+]#[C-])N(C(C)C)C(C)C. The molecule has 1 N–H and O–H groups in total. The predicted molar refractivity (Wildman–Crippen MR) is 87.4 cm³/mol. The highest BCUT2D eigenvalue weighted by Crippen LogP contribution is 2.48. The molecule has 0 saturated carbocycles. The molecule has 0 aromatic carbocycles. The lowest BCUT2D eigenvalue weighted by Gasteiger charge is -2.37. The molecule has 8 heteroatoms. The Morgan fingerprint density at radius 1 is 1.50 bits per heavy atom. The standard InChI is InChI=1S/C14H26BN2O4P/c1-10(2)17(11(3)4)22(19-7-6-16-5)21-12-8-14(15)20-13(12)9-18/h10-14,18H,6-9H2,1-4H3/t12?,13-,14-,22?/m1/s1/i18D. The summed E-state index contributed by atoms with van der Waals surface area (Å²) in [5, 5.41) is 4.44. The predicted octanol–water partition coefficient (Wildman–Crippen LogP) is 1.93. The van der Waals surface area contributed by atoms with Gasteiger partial charge in [0.25, 0.3) is 8.53 Å². The van der Waals surface area contributed by atoms with Gasteiger partial charge in [0, 0.05) is 18.1 Å². The van der Waals surface area contributed by atoms with Crippen LogP contribution in [-0.2, 0) is 13.8 Å². The van der Waals surface area contributed by atoms with Crippen LogP contribution in [0.15, 0.2) is 0 Å². The topological polar surface area (TPSA) is 55.5 Å². The van der Waals surface area contributed by atoms with E-state index in [4.69, 9.17) is 29.6 Å². The van der Waals surface area contributed by atoms with Crippen molar-refractivity contribution in [2.75, 3.05) is 19.8 Å². The summed E-state index contributed by atoms with van der Waals surface area (Å²) >= 11 is 0. The summed E-state index contributed by atoms with van der Waals surface area (Å²) in [5.41, 5.74) is 0. The lowest BCUT2D eigenvalue weighted by atomic mass is 9.96. The van der Waals surface area contributed by atoms with E-state index in [1.807, 2.05) is 0 Å². The minimum absolute atomic E-state index is 0.104. The van der Waals surface area contributed by atoms with Crippen LogP contribution in [0.4, 0.5) is 0 Å². The lowest BCUT2D eigenvalue weighted by molar-refractivity contribution is -0.00126. The van der Waals surface area contributed by atoms with E-state index in [-0.39, 0.29) is 30.9 Å². The van der Waals surface area contributed by atoms with E-state index in [1.165, 1.54) is 0 Å². The van der Waals surface area contributed by atoms with Gasteiger partial charge in [-0.05, 0) is 34.1 Å². The van der Waals surface area contributed by atoms with Crippen LogP contribution < -0.4 is 0 Å². The molecule has 0 spiro atoms. The largest absolute Gasteiger partial charge is 0.394 e. The van der Waals surface area contributed by atoms with Gasteiger partial charge in [-0.2, -0.15) is 0 Å². The maximum Gasteiger partial charge on any atom is 0.259 e. The highest BCUT2D eigenvalue weighted by molar-refractivity contribution is 7.44. The van der Waals surface area contributed by atoms with Crippen LogP contribution >= 0.6 is 8.53 Å². The summed E-state index contributed by atoms with van der Waals surface area (Å²) in [7, 11) is 4.49. The van der Waals surface area contributed by atoms with Crippen LogP contribution in [-0.4, -0.2) is 69.1 Å². The van der Waals surface area contributed by atoms with Gasteiger partial charge < -0.3 is 23.7 Å². The van der Waals surface area contributed by atoms with Gasteiger partial charge >= 0.3 is 0 Å². The van der Waals surface area contributed by atoms with Crippen molar-refractivity contribution in [3.8, 4) is 0 Å². The second-order valence-corrected chi connectivity index (χ2v) is 7.19. The average molecular weight is 329 g/mol. The summed E-state index contributed by atoms with van der Waals surface area (Å²) in [6.45, 7) is 15.9. The third-order valence-corrected chi connectivity index (χ3v) is 5.43. The number of ether oxygens (including phenoxy) is 1. The number of nitrogens with zero attached hydrogens (tertiary/aromatic N) is 2. The molecule has 2 unspecified atom stereocenters. The number of hydrogen-bond acceptors (Lipinski definition) is 5. The van der Waals surface area contributed by atoms with E-state index < -0.39 is 14.5 Å². The smallest absolute Gasteiger partial charge is 0.259 e. The summed E-state index contributed by atoms with van der Waals surface area (Å²) in [4.78, 5) is 3.32. The molecule has 0 bridgehead atoms. The van der Waals surface area contributed by atoms with Crippen LogP contribution in [0.1, 0.15) is 34.1 Å². The van der Waals surface area contributed by atoms with Crippen molar-refractivity contribution < 1.29 is 18.9 Å². The molecular formula is C14H26BN2O4P. The van der Waals surface area contributed by atoms with Gasteiger partial charge in [0.2, 0.25) is 7.98 Å². The van der Waals surface area contributed by atoms with Gasteiger partial charge in [-0.1, -0.05) is 0 Å². The van der Waals surface area contributed by atoms with Gasteiger partial charge in [-0.3, -0.25) is 0 Å². The average Bonchev–Trinajstić information content (AvgIpc) is 2.78. The highest BCUT2D eigenvalue weighted by Gasteiger charge is 2.38. The maximum atomic E-state index is 6.92. The third-order valence-electron chi connectivity index (χ3n) is 3.27. The Morgan fingerprint density at radius 2 is 2.18 bits per heavy atom. The van der Waals surface area contributed by atoms with E-state index >= 15 is 0 Å². The molecule has 2 radical (unpaired) electrons. The second-order valence-electron chi connectivity index (χ2n) is 5.78. The molecular weight excluding hydrogens is 302 g/mol. The summed E-state index contributed by atoms with van der Waals surface area (Å²) in [6.07, 6.45) is -0.129. The van der Waals surface area contributed by atoms with Crippen LogP contribution in [0.5, 0.6) is 0 Å². The van der Waals surface area contributed by atoms with E-state index in [0.717, 1.165) is 0 Å². The van der Waals surface area contributed by atoms with E-state index in [1.54, 1.807) is 0 Å². The lowest BCUT2D eigenvalue weighted by Crippen LogP contribution is -2.36. The summed E-state index contributed by atoms with van der Waals surface area (Å²) < 4.78 is 26.6. The van der Waals surface area contributed by atoms with E-state index in [9.17, 15) is 0 Å². The Hall–Kier alpha value is -0.215. The van der Waals surface area contributed by atoms with E-state index in [0.29, 0.717) is 19.6 Å². The first-order chi connectivity index (χ1) is 10.9. The minimum Gasteiger partial charge on any atom is -0.394 e. The highest BCUT2D eigenvalue weighted by atomic mass is 31.2. The quantitative estimate of drug-likeness (QED) is 0.287. The summed E-state index contributed by atoms with van der Waals surface area (Å²) in [5.74, 6) is 0. The van der Waals surface area contributed by atoms with Crippen molar-refractivity contribution in [3.05, 3.63) is 11.4 Å². The molecule has 1 saturated heterocycles. The molecule has 22 heavy (non-hydrogen) atoms. The molecule has 1 rings (SSSR count). The van der Waals surface area contributed by atoms with Crippen molar-refractivity contribution in [3.63, 3.8) is 0 Å². The van der Waals surface area contributed by atoms with Crippen LogP contribution in [0, 0.1) is 6.57 Å². The first-order valence-corrected chi connectivity index (χ1v) is 8.74. The first kappa shape index (κ1) is 18.1. The van der Waals surface area contributed by atoms with Crippen LogP contribution in [0.25, 0.3) is 4.85 Å².